The molecule has 0 bridgehead atoms. The minimum Gasteiger partial charge on any atom is -0.477 e. The summed E-state index contributed by atoms with van der Waals surface area (Å²) in [6.45, 7) is 2.34. The van der Waals surface area contributed by atoms with Crippen LogP contribution in [0.2, 0.25) is 0 Å². The molecule has 1 aromatic carbocycles. The van der Waals surface area contributed by atoms with E-state index in [9.17, 15) is 9.59 Å². The first-order chi connectivity index (χ1) is 12.4. The molecule has 0 aliphatic rings. The SMILES string of the molecule is Cc1nc(NC(=O)CN(C)Cc2cnc3ccccc3c2)sc1C(=O)O. The van der Waals surface area contributed by atoms with Crippen molar-refractivity contribution in [1.29, 1.82) is 0 Å². The molecule has 2 heterocycles. The third-order valence-corrected chi connectivity index (χ3v) is 4.81. The predicted octanol–water partition coefficient (Wildman–Crippen LogP) is 2.77. The number of thiazole rings is 1. The Bertz CT molecular complexity index is 970. The molecule has 2 N–H and O–H groups in total. The highest BCUT2D eigenvalue weighted by Gasteiger charge is 2.16. The van der Waals surface area contributed by atoms with Crippen molar-refractivity contribution in [3.05, 3.63) is 52.7 Å². The Hall–Kier alpha value is -2.84. The Morgan fingerprint density at radius 2 is 2.08 bits per heavy atom. The van der Waals surface area contributed by atoms with Crippen LogP contribution in [0.1, 0.15) is 20.9 Å². The predicted molar refractivity (Wildman–Crippen MR) is 101 cm³/mol. The van der Waals surface area contributed by atoms with Crippen molar-refractivity contribution in [2.75, 3.05) is 18.9 Å². The fraction of sp³-hybridized carbons (Fsp3) is 0.222. The van der Waals surface area contributed by atoms with Gasteiger partial charge in [0.05, 0.1) is 17.8 Å². The number of anilines is 1. The van der Waals surface area contributed by atoms with Crippen LogP contribution in [-0.2, 0) is 11.3 Å². The Balaban J connectivity index is 1.59. The van der Waals surface area contributed by atoms with Crippen LogP contribution < -0.4 is 5.32 Å². The second-order valence-corrected chi connectivity index (χ2v) is 6.99. The summed E-state index contributed by atoms with van der Waals surface area (Å²) in [5, 5.41) is 13.0. The van der Waals surface area contributed by atoms with Gasteiger partial charge in [-0.3, -0.25) is 14.7 Å². The summed E-state index contributed by atoms with van der Waals surface area (Å²) in [6.07, 6.45) is 1.81. The molecule has 3 rings (SSSR count). The highest BCUT2D eigenvalue weighted by Crippen LogP contribution is 2.22. The molecule has 0 saturated carbocycles. The quantitative estimate of drug-likeness (QED) is 0.693. The molecule has 7 nitrogen and oxygen atoms in total. The molecule has 3 aromatic rings. The van der Waals surface area contributed by atoms with Gasteiger partial charge in [-0.15, -0.1) is 0 Å². The number of nitrogens with zero attached hydrogens (tertiary/aromatic N) is 3. The molecule has 0 radical (unpaired) electrons. The number of carboxylic acids is 1. The zero-order valence-corrected chi connectivity index (χ0v) is 15.2. The molecule has 1 amide bonds. The number of aromatic carboxylic acids is 1. The lowest BCUT2D eigenvalue weighted by molar-refractivity contribution is -0.117. The van der Waals surface area contributed by atoms with E-state index in [1.807, 2.05) is 36.2 Å². The van der Waals surface area contributed by atoms with Crippen LogP contribution in [0.4, 0.5) is 5.13 Å². The third kappa shape index (κ3) is 4.22. The molecule has 134 valence electrons. The van der Waals surface area contributed by atoms with Gasteiger partial charge in [0, 0.05) is 18.1 Å². The summed E-state index contributed by atoms with van der Waals surface area (Å²) in [5.41, 5.74) is 2.34. The first kappa shape index (κ1) is 18.0. The number of carbonyl (C=O) groups excluding carboxylic acids is 1. The number of likely N-dealkylation sites (N-methyl/N-ethyl adjacent to an activating group) is 1. The van der Waals surface area contributed by atoms with Gasteiger partial charge in [0.2, 0.25) is 5.91 Å². The van der Waals surface area contributed by atoms with Gasteiger partial charge in [0.15, 0.2) is 5.13 Å². The van der Waals surface area contributed by atoms with Crippen molar-refractivity contribution >= 4 is 39.2 Å². The lowest BCUT2D eigenvalue weighted by Crippen LogP contribution is -2.29. The first-order valence-corrected chi connectivity index (χ1v) is 8.77. The second kappa shape index (κ2) is 7.59. The average Bonchev–Trinajstić information content (AvgIpc) is 2.95. The van der Waals surface area contributed by atoms with Crippen LogP contribution >= 0.6 is 11.3 Å². The second-order valence-electron chi connectivity index (χ2n) is 6.00. The molecular weight excluding hydrogens is 352 g/mol. The lowest BCUT2D eigenvalue weighted by atomic mass is 10.1. The molecule has 2 aromatic heterocycles. The molecule has 8 heteroatoms. The van der Waals surface area contributed by atoms with Gasteiger partial charge >= 0.3 is 5.97 Å². The maximum absolute atomic E-state index is 12.2. The fourth-order valence-corrected chi connectivity index (χ4v) is 3.44. The number of benzene rings is 1. The molecule has 0 unspecified atom stereocenters. The van der Waals surface area contributed by atoms with Crippen LogP contribution in [0.5, 0.6) is 0 Å². The van der Waals surface area contributed by atoms with E-state index in [2.05, 4.69) is 21.4 Å². The van der Waals surface area contributed by atoms with E-state index in [4.69, 9.17) is 5.11 Å². The molecule has 0 spiro atoms. The number of aromatic nitrogens is 2. The zero-order valence-electron chi connectivity index (χ0n) is 14.4. The summed E-state index contributed by atoms with van der Waals surface area (Å²) < 4.78 is 0. The summed E-state index contributed by atoms with van der Waals surface area (Å²) >= 11 is 0.957. The zero-order chi connectivity index (χ0) is 18.7. The van der Waals surface area contributed by atoms with Crippen molar-refractivity contribution in [3.63, 3.8) is 0 Å². The largest absolute Gasteiger partial charge is 0.477 e. The normalized spacial score (nSPS) is 11.0. The van der Waals surface area contributed by atoms with Gasteiger partial charge in [-0.2, -0.15) is 0 Å². The van der Waals surface area contributed by atoms with Crippen molar-refractivity contribution < 1.29 is 14.7 Å². The van der Waals surface area contributed by atoms with Crippen LogP contribution in [0.15, 0.2) is 36.5 Å². The molecular formula is C18H18N4O3S. The number of hydrogen-bond donors (Lipinski definition) is 2. The van der Waals surface area contributed by atoms with E-state index in [0.717, 1.165) is 27.8 Å². The van der Waals surface area contributed by atoms with Crippen molar-refractivity contribution in [2.24, 2.45) is 0 Å². The molecule has 0 fully saturated rings. The van der Waals surface area contributed by atoms with Crippen molar-refractivity contribution in [1.82, 2.24) is 14.9 Å². The monoisotopic (exact) mass is 370 g/mol. The standard InChI is InChI=1S/C18H18N4O3S/c1-11-16(17(24)25)26-18(20-11)21-15(23)10-22(2)9-12-7-13-5-3-4-6-14(13)19-8-12/h3-8H,9-10H2,1-2H3,(H,24,25)(H,20,21,23). The van der Waals surface area contributed by atoms with E-state index in [1.165, 1.54) is 0 Å². The number of para-hydroxylation sites is 1. The highest BCUT2D eigenvalue weighted by atomic mass is 32.1. The molecule has 26 heavy (non-hydrogen) atoms. The Labute approximate surface area is 154 Å². The van der Waals surface area contributed by atoms with Gasteiger partial charge in [0.1, 0.15) is 4.88 Å². The van der Waals surface area contributed by atoms with Crippen molar-refractivity contribution in [2.45, 2.75) is 13.5 Å². The number of fused-ring (bicyclic) bond motifs is 1. The molecule has 0 aliphatic carbocycles. The van der Waals surface area contributed by atoms with E-state index >= 15 is 0 Å². The number of carboxylic acid groups (broad SMARTS) is 1. The van der Waals surface area contributed by atoms with E-state index in [0.29, 0.717) is 17.4 Å². The fourth-order valence-electron chi connectivity index (χ4n) is 2.62. The topological polar surface area (TPSA) is 95.4 Å². The maximum atomic E-state index is 12.2. The van der Waals surface area contributed by atoms with Crippen LogP contribution in [0.25, 0.3) is 10.9 Å². The smallest absolute Gasteiger partial charge is 0.347 e. The van der Waals surface area contributed by atoms with Crippen LogP contribution in [-0.4, -0.2) is 45.4 Å². The van der Waals surface area contributed by atoms with E-state index < -0.39 is 5.97 Å². The minimum atomic E-state index is -1.04. The Morgan fingerprint density at radius 1 is 1.31 bits per heavy atom. The van der Waals surface area contributed by atoms with Gasteiger partial charge in [0.25, 0.3) is 0 Å². The number of aryl methyl sites for hydroxylation is 1. The summed E-state index contributed by atoms with van der Waals surface area (Å²) in [5.74, 6) is -1.28. The highest BCUT2D eigenvalue weighted by molar-refractivity contribution is 7.17. The lowest BCUT2D eigenvalue weighted by Gasteiger charge is -2.16. The summed E-state index contributed by atoms with van der Waals surface area (Å²) in [7, 11) is 1.84. The molecule has 0 aliphatic heterocycles. The minimum absolute atomic E-state index is 0.135. The van der Waals surface area contributed by atoms with E-state index in [1.54, 1.807) is 13.1 Å². The van der Waals surface area contributed by atoms with Gasteiger partial charge in [-0.1, -0.05) is 29.5 Å². The van der Waals surface area contributed by atoms with Gasteiger partial charge < -0.3 is 10.4 Å². The molecule has 0 atom stereocenters. The Morgan fingerprint density at radius 3 is 2.81 bits per heavy atom. The van der Waals surface area contributed by atoms with Gasteiger partial charge in [-0.25, -0.2) is 9.78 Å². The number of nitrogens with one attached hydrogen (secondary N) is 1. The summed E-state index contributed by atoms with van der Waals surface area (Å²) in [4.78, 5) is 33.7. The maximum Gasteiger partial charge on any atom is 0.347 e. The number of carbonyl (C=O) groups is 2. The first-order valence-electron chi connectivity index (χ1n) is 7.95. The van der Waals surface area contributed by atoms with Crippen LogP contribution in [0.3, 0.4) is 0 Å². The summed E-state index contributed by atoms with van der Waals surface area (Å²) in [6, 6.07) is 9.93. The van der Waals surface area contributed by atoms with E-state index in [-0.39, 0.29) is 17.3 Å². The van der Waals surface area contributed by atoms with Crippen LogP contribution in [0, 0.1) is 6.92 Å². The Kier molecular flexibility index (Phi) is 5.24. The third-order valence-electron chi connectivity index (χ3n) is 3.75. The average molecular weight is 370 g/mol. The number of hydrogen-bond acceptors (Lipinski definition) is 6. The number of amides is 1. The molecule has 0 saturated heterocycles. The number of rotatable bonds is 6. The number of pyridine rings is 1. The van der Waals surface area contributed by atoms with Gasteiger partial charge in [-0.05, 0) is 31.7 Å². The van der Waals surface area contributed by atoms with Crippen molar-refractivity contribution in [3.8, 4) is 0 Å².